The highest BCUT2D eigenvalue weighted by Crippen LogP contribution is 2.27. The molecule has 0 fully saturated rings. The predicted octanol–water partition coefficient (Wildman–Crippen LogP) is 4.04. The number of hydrogen-bond acceptors (Lipinski definition) is 7. The highest BCUT2D eigenvalue weighted by atomic mass is 35.5. The molecule has 2 aromatic carbocycles. The maximum absolute atomic E-state index is 13.0. The lowest BCUT2D eigenvalue weighted by atomic mass is 10.2. The van der Waals surface area contributed by atoms with E-state index in [-0.39, 0.29) is 18.0 Å². The van der Waals surface area contributed by atoms with E-state index >= 15 is 0 Å². The molecule has 0 saturated heterocycles. The van der Waals surface area contributed by atoms with Crippen molar-refractivity contribution >= 4 is 22.6 Å². The SMILES string of the molecule is CCOc1ccccc1-c1noc(Cn2cnc3c(cnn3-c3ccc(C)c(Cl)c3)c2=O)n1. The van der Waals surface area contributed by atoms with Crippen molar-refractivity contribution in [3.05, 3.63) is 81.8 Å². The fourth-order valence-electron chi connectivity index (χ4n) is 3.47. The van der Waals surface area contributed by atoms with Crippen LogP contribution in [-0.2, 0) is 6.54 Å². The van der Waals surface area contributed by atoms with Crippen molar-refractivity contribution in [1.29, 1.82) is 0 Å². The first kappa shape index (κ1) is 20.9. The third kappa shape index (κ3) is 3.87. The lowest BCUT2D eigenvalue weighted by Gasteiger charge is -2.06. The number of hydrogen-bond donors (Lipinski definition) is 0. The van der Waals surface area contributed by atoms with Gasteiger partial charge in [-0.25, -0.2) is 9.67 Å². The standard InChI is InChI=1S/C23H19ClN6O3/c1-3-32-19-7-5-4-6-16(19)21-27-20(33-28-21)12-29-13-25-22-17(23(29)31)11-26-30(22)15-9-8-14(2)18(24)10-15/h4-11,13H,3,12H2,1-2H3. The molecule has 3 heterocycles. The van der Waals surface area contributed by atoms with Gasteiger partial charge in [0.25, 0.3) is 5.56 Å². The number of halogens is 1. The van der Waals surface area contributed by atoms with Crippen LogP contribution in [0.1, 0.15) is 18.4 Å². The zero-order valence-corrected chi connectivity index (χ0v) is 18.7. The van der Waals surface area contributed by atoms with Crippen LogP contribution in [0.5, 0.6) is 5.75 Å². The first-order valence-electron chi connectivity index (χ1n) is 10.3. The topological polar surface area (TPSA) is 101 Å². The van der Waals surface area contributed by atoms with Gasteiger partial charge in [0.1, 0.15) is 24.0 Å². The average Bonchev–Trinajstić information content (AvgIpc) is 3.46. The summed E-state index contributed by atoms with van der Waals surface area (Å²) in [4.78, 5) is 21.9. The number of ether oxygens (including phenoxy) is 1. The molecule has 33 heavy (non-hydrogen) atoms. The van der Waals surface area contributed by atoms with Gasteiger partial charge in [0, 0.05) is 5.02 Å². The molecule has 3 aromatic heterocycles. The third-order valence-electron chi connectivity index (χ3n) is 5.16. The maximum atomic E-state index is 13.0. The van der Waals surface area contributed by atoms with E-state index in [1.165, 1.54) is 17.1 Å². The zero-order valence-electron chi connectivity index (χ0n) is 17.9. The molecular formula is C23H19ClN6O3. The molecule has 10 heteroatoms. The summed E-state index contributed by atoms with van der Waals surface area (Å²) in [6, 6.07) is 13.0. The Kier molecular flexibility index (Phi) is 5.39. The van der Waals surface area contributed by atoms with Gasteiger partial charge < -0.3 is 9.26 Å². The van der Waals surface area contributed by atoms with Gasteiger partial charge in [-0.2, -0.15) is 10.1 Å². The Morgan fingerprint density at radius 2 is 2.03 bits per heavy atom. The smallest absolute Gasteiger partial charge is 0.264 e. The molecule has 9 nitrogen and oxygen atoms in total. The van der Waals surface area contributed by atoms with E-state index in [4.69, 9.17) is 20.9 Å². The molecule has 0 aliphatic heterocycles. The number of aryl methyl sites for hydroxylation is 1. The summed E-state index contributed by atoms with van der Waals surface area (Å²) < 4.78 is 14.0. The Bertz CT molecular complexity index is 1520. The van der Waals surface area contributed by atoms with Gasteiger partial charge in [0.2, 0.25) is 11.7 Å². The van der Waals surface area contributed by atoms with Crippen LogP contribution < -0.4 is 10.3 Å². The number of fused-ring (bicyclic) bond motifs is 1. The quantitative estimate of drug-likeness (QED) is 0.375. The summed E-state index contributed by atoms with van der Waals surface area (Å²) in [5.74, 6) is 1.33. The van der Waals surface area contributed by atoms with E-state index in [2.05, 4.69) is 20.2 Å². The van der Waals surface area contributed by atoms with Crippen LogP contribution in [-0.4, -0.2) is 36.1 Å². The number of aromatic nitrogens is 6. The Balaban J connectivity index is 1.46. The summed E-state index contributed by atoms with van der Waals surface area (Å²) >= 11 is 6.24. The number of nitrogens with zero attached hydrogens (tertiary/aromatic N) is 6. The van der Waals surface area contributed by atoms with Gasteiger partial charge in [-0.05, 0) is 43.7 Å². The molecule has 0 atom stereocenters. The van der Waals surface area contributed by atoms with Crippen molar-refractivity contribution < 1.29 is 9.26 Å². The van der Waals surface area contributed by atoms with E-state index in [0.717, 1.165) is 11.3 Å². The lowest BCUT2D eigenvalue weighted by molar-refractivity contribution is 0.340. The summed E-state index contributed by atoms with van der Waals surface area (Å²) in [7, 11) is 0. The van der Waals surface area contributed by atoms with Crippen LogP contribution in [0.4, 0.5) is 0 Å². The monoisotopic (exact) mass is 462 g/mol. The van der Waals surface area contributed by atoms with Gasteiger partial charge in [0.15, 0.2) is 5.65 Å². The molecule has 5 aromatic rings. The minimum atomic E-state index is -0.265. The van der Waals surface area contributed by atoms with Crippen molar-refractivity contribution in [2.75, 3.05) is 6.61 Å². The van der Waals surface area contributed by atoms with Crippen molar-refractivity contribution in [3.8, 4) is 22.8 Å². The number of rotatable bonds is 6. The minimum absolute atomic E-state index is 0.0765. The second-order valence-electron chi connectivity index (χ2n) is 7.35. The molecular weight excluding hydrogens is 444 g/mol. The second-order valence-corrected chi connectivity index (χ2v) is 7.75. The largest absolute Gasteiger partial charge is 0.493 e. The predicted molar refractivity (Wildman–Crippen MR) is 123 cm³/mol. The summed E-state index contributed by atoms with van der Waals surface area (Å²) in [5.41, 5.74) is 2.56. The van der Waals surface area contributed by atoms with Crippen molar-refractivity contribution in [2.24, 2.45) is 0 Å². The van der Waals surface area contributed by atoms with Crippen molar-refractivity contribution in [2.45, 2.75) is 20.4 Å². The molecule has 5 rings (SSSR count). The van der Waals surface area contributed by atoms with Gasteiger partial charge >= 0.3 is 0 Å². The Morgan fingerprint density at radius 3 is 2.85 bits per heavy atom. The molecule has 0 N–H and O–H groups in total. The fraction of sp³-hybridized carbons (Fsp3) is 0.174. The Morgan fingerprint density at radius 1 is 1.18 bits per heavy atom. The molecule has 0 saturated carbocycles. The summed E-state index contributed by atoms with van der Waals surface area (Å²) in [6.07, 6.45) is 2.93. The van der Waals surface area contributed by atoms with Crippen LogP contribution in [0.2, 0.25) is 5.02 Å². The van der Waals surface area contributed by atoms with Crippen LogP contribution in [0, 0.1) is 6.92 Å². The highest BCUT2D eigenvalue weighted by molar-refractivity contribution is 6.31. The van der Waals surface area contributed by atoms with Crippen molar-refractivity contribution in [1.82, 2.24) is 29.5 Å². The van der Waals surface area contributed by atoms with Crippen LogP contribution in [0.25, 0.3) is 28.1 Å². The molecule has 0 aliphatic carbocycles. The molecule has 0 unspecified atom stereocenters. The van der Waals surface area contributed by atoms with E-state index in [1.54, 1.807) is 10.7 Å². The highest BCUT2D eigenvalue weighted by Gasteiger charge is 2.16. The van der Waals surface area contributed by atoms with E-state index in [9.17, 15) is 4.79 Å². The lowest BCUT2D eigenvalue weighted by Crippen LogP contribution is -2.21. The van der Waals surface area contributed by atoms with Gasteiger partial charge in [0.05, 0.1) is 24.1 Å². The molecule has 0 aliphatic rings. The van der Waals surface area contributed by atoms with E-state index in [0.29, 0.717) is 39.8 Å². The van der Waals surface area contributed by atoms with Crippen LogP contribution in [0.3, 0.4) is 0 Å². The average molecular weight is 463 g/mol. The van der Waals surface area contributed by atoms with Crippen LogP contribution in [0.15, 0.2) is 64.3 Å². The Hall–Kier alpha value is -3.98. The van der Waals surface area contributed by atoms with E-state index in [1.807, 2.05) is 50.2 Å². The van der Waals surface area contributed by atoms with Gasteiger partial charge in [-0.1, -0.05) is 35.0 Å². The van der Waals surface area contributed by atoms with Gasteiger partial charge in [-0.3, -0.25) is 9.36 Å². The van der Waals surface area contributed by atoms with E-state index < -0.39 is 0 Å². The first-order valence-corrected chi connectivity index (χ1v) is 10.7. The maximum Gasteiger partial charge on any atom is 0.264 e. The number of benzene rings is 2. The minimum Gasteiger partial charge on any atom is -0.493 e. The third-order valence-corrected chi connectivity index (χ3v) is 5.56. The molecule has 0 spiro atoms. The molecule has 0 radical (unpaired) electrons. The fourth-order valence-corrected chi connectivity index (χ4v) is 3.65. The normalized spacial score (nSPS) is 11.2. The van der Waals surface area contributed by atoms with Gasteiger partial charge in [-0.15, -0.1) is 0 Å². The van der Waals surface area contributed by atoms with Crippen LogP contribution >= 0.6 is 11.6 Å². The first-order chi connectivity index (χ1) is 16.0. The summed E-state index contributed by atoms with van der Waals surface area (Å²) in [5, 5.41) is 9.36. The molecule has 0 amide bonds. The van der Waals surface area contributed by atoms with Crippen molar-refractivity contribution in [3.63, 3.8) is 0 Å². The molecule has 166 valence electrons. The summed E-state index contributed by atoms with van der Waals surface area (Å²) in [6.45, 7) is 4.42. The number of para-hydroxylation sites is 1. The molecule has 0 bridgehead atoms. The second kappa shape index (κ2) is 8.51. The zero-order chi connectivity index (χ0) is 22.9. The Labute approximate surface area is 193 Å².